The number of hydrogen-bond donors (Lipinski definition) is 2. The number of amides is 1. The van der Waals surface area contributed by atoms with E-state index >= 15 is 0 Å². The predicted molar refractivity (Wildman–Crippen MR) is 81.4 cm³/mol. The van der Waals surface area contributed by atoms with Gasteiger partial charge in [-0.15, -0.1) is 4.83 Å². The zero-order valence-corrected chi connectivity index (χ0v) is 13.0. The predicted octanol–water partition coefficient (Wildman–Crippen LogP) is 1.60. The molecule has 1 atom stereocenters. The van der Waals surface area contributed by atoms with Gasteiger partial charge in [0.25, 0.3) is 15.9 Å². The van der Waals surface area contributed by atoms with Gasteiger partial charge in [0, 0.05) is 0 Å². The molecule has 0 aromatic heterocycles. The second kappa shape index (κ2) is 7.21. The van der Waals surface area contributed by atoms with Crippen LogP contribution in [0.1, 0.15) is 6.92 Å². The number of benzene rings is 2. The molecule has 2 aromatic rings. The van der Waals surface area contributed by atoms with E-state index in [-0.39, 0.29) is 10.6 Å². The van der Waals surface area contributed by atoms with Gasteiger partial charge in [-0.3, -0.25) is 10.2 Å². The minimum Gasteiger partial charge on any atom is -0.478 e. The molecule has 0 saturated carbocycles. The highest BCUT2D eigenvalue weighted by atomic mass is 32.2. The Morgan fingerprint density at radius 1 is 1.09 bits per heavy atom. The summed E-state index contributed by atoms with van der Waals surface area (Å²) in [6, 6.07) is 13.2. The lowest BCUT2D eigenvalue weighted by Gasteiger charge is -2.15. The van der Waals surface area contributed by atoms with Crippen molar-refractivity contribution in [2.75, 3.05) is 0 Å². The molecule has 0 saturated heterocycles. The maximum atomic E-state index is 13.4. The first-order valence-electron chi connectivity index (χ1n) is 6.68. The highest BCUT2D eigenvalue weighted by Crippen LogP contribution is 2.16. The molecule has 0 aliphatic carbocycles. The Balaban J connectivity index is 1.96. The van der Waals surface area contributed by atoms with Gasteiger partial charge in [0.05, 0.1) is 4.90 Å². The van der Waals surface area contributed by atoms with Crippen LogP contribution in [-0.4, -0.2) is 20.4 Å². The van der Waals surface area contributed by atoms with Crippen LogP contribution in [0.15, 0.2) is 59.5 Å². The van der Waals surface area contributed by atoms with Crippen LogP contribution >= 0.6 is 0 Å². The zero-order chi connectivity index (χ0) is 16.9. The Morgan fingerprint density at radius 3 is 2.35 bits per heavy atom. The van der Waals surface area contributed by atoms with Crippen LogP contribution in [0.2, 0.25) is 0 Å². The lowest BCUT2D eigenvalue weighted by atomic mass is 10.3. The van der Waals surface area contributed by atoms with Crippen molar-refractivity contribution in [3.8, 4) is 5.75 Å². The molecular formula is C15H15FN2O4S. The second-order valence-electron chi connectivity index (χ2n) is 4.60. The number of carbonyl (C=O) groups excluding carboxylic acids is 1. The summed E-state index contributed by atoms with van der Waals surface area (Å²) in [7, 11) is -3.88. The second-order valence-corrected chi connectivity index (χ2v) is 6.28. The third kappa shape index (κ3) is 4.51. The normalized spacial score (nSPS) is 12.4. The van der Waals surface area contributed by atoms with E-state index in [1.807, 2.05) is 10.3 Å². The van der Waals surface area contributed by atoms with Crippen molar-refractivity contribution in [2.45, 2.75) is 17.9 Å². The van der Waals surface area contributed by atoms with E-state index in [4.69, 9.17) is 4.74 Å². The SMILES string of the molecule is C[C@@H](Oc1ccccc1F)C(=O)NNS(=O)(=O)c1ccccc1. The van der Waals surface area contributed by atoms with Gasteiger partial charge in [-0.1, -0.05) is 30.3 Å². The van der Waals surface area contributed by atoms with Gasteiger partial charge in [-0.05, 0) is 31.2 Å². The lowest BCUT2D eigenvalue weighted by molar-refractivity contribution is -0.127. The number of para-hydroxylation sites is 1. The third-order valence-electron chi connectivity index (χ3n) is 2.87. The first kappa shape index (κ1) is 16.9. The summed E-state index contributed by atoms with van der Waals surface area (Å²) in [6.07, 6.45) is -1.09. The van der Waals surface area contributed by atoms with E-state index in [1.165, 1.54) is 37.3 Å². The van der Waals surface area contributed by atoms with Crippen LogP contribution in [0.4, 0.5) is 4.39 Å². The summed E-state index contributed by atoms with van der Waals surface area (Å²) < 4.78 is 42.5. The lowest BCUT2D eigenvalue weighted by Crippen LogP contribution is -2.47. The van der Waals surface area contributed by atoms with E-state index in [9.17, 15) is 17.6 Å². The minimum atomic E-state index is -3.88. The van der Waals surface area contributed by atoms with E-state index in [1.54, 1.807) is 24.3 Å². The average molecular weight is 338 g/mol. The minimum absolute atomic E-state index is 0.00275. The molecule has 0 aliphatic heterocycles. The van der Waals surface area contributed by atoms with E-state index in [2.05, 4.69) is 0 Å². The third-order valence-corrected chi connectivity index (χ3v) is 4.14. The fourth-order valence-electron chi connectivity index (χ4n) is 1.66. The van der Waals surface area contributed by atoms with Gasteiger partial charge in [0.2, 0.25) is 0 Å². The van der Waals surface area contributed by atoms with E-state index < -0.39 is 27.9 Å². The Labute approximate surface area is 133 Å². The van der Waals surface area contributed by atoms with Crippen molar-refractivity contribution in [3.63, 3.8) is 0 Å². The first-order chi connectivity index (χ1) is 10.9. The molecule has 8 heteroatoms. The summed E-state index contributed by atoms with van der Waals surface area (Å²) >= 11 is 0. The van der Waals surface area contributed by atoms with Crippen LogP contribution in [0.25, 0.3) is 0 Å². The zero-order valence-electron chi connectivity index (χ0n) is 12.2. The number of halogens is 1. The molecule has 0 radical (unpaired) electrons. The molecule has 0 aliphatic rings. The van der Waals surface area contributed by atoms with Crippen LogP contribution < -0.4 is 15.0 Å². The number of nitrogens with one attached hydrogen (secondary N) is 2. The molecule has 0 spiro atoms. The summed E-state index contributed by atoms with van der Waals surface area (Å²) in [4.78, 5) is 13.8. The standard InChI is InChI=1S/C15H15FN2O4S/c1-11(22-14-10-6-5-9-13(14)16)15(19)17-18-23(20,21)12-7-3-2-4-8-12/h2-11,18H,1H3,(H,17,19)/t11-/m1/s1. The quantitative estimate of drug-likeness (QED) is 0.784. The van der Waals surface area contributed by atoms with E-state index in [0.29, 0.717) is 0 Å². The maximum Gasteiger partial charge on any atom is 0.275 e. The molecule has 0 bridgehead atoms. The topological polar surface area (TPSA) is 84.5 Å². The van der Waals surface area contributed by atoms with Crippen molar-refractivity contribution >= 4 is 15.9 Å². The monoisotopic (exact) mass is 338 g/mol. The van der Waals surface area contributed by atoms with Gasteiger partial charge in [-0.2, -0.15) is 0 Å². The number of ether oxygens (including phenoxy) is 1. The van der Waals surface area contributed by atoms with Crippen molar-refractivity contribution in [3.05, 3.63) is 60.4 Å². The van der Waals surface area contributed by atoms with Gasteiger partial charge in [0.15, 0.2) is 17.7 Å². The summed E-state index contributed by atoms with van der Waals surface area (Å²) in [5.74, 6) is -1.47. The summed E-state index contributed by atoms with van der Waals surface area (Å²) in [5, 5.41) is 0. The largest absolute Gasteiger partial charge is 0.478 e. The fourth-order valence-corrected chi connectivity index (χ4v) is 2.53. The Bertz CT molecular complexity index is 781. The highest BCUT2D eigenvalue weighted by molar-refractivity contribution is 7.89. The van der Waals surface area contributed by atoms with Crippen LogP contribution in [0, 0.1) is 5.82 Å². The van der Waals surface area contributed by atoms with Crippen molar-refractivity contribution in [1.82, 2.24) is 10.3 Å². The number of carbonyl (C=O) groups is 1. The fraction of sp³-hybridized carbons (Fsp3) is 0.133. The van der Waals surface area contributed by atoms with Crippen molar-refractivity contribution in [1.29, 1.82) is 0 Å². The molecule has 6 nitrogen and oxygen atoms in total. The molecule has 0 unspecified atom stereocenters. The first-order valence-corrected chi connectivity index (χ1v) is 8.16. The Hall–Kier alpha value is -2.45. The number of sulfonamides is 1. The molecule has 122 valence electrons. The molecule has 2 rings (SSSR count). The van der Waals surface area contributed by atoms with E-state index in [0.717, 1.165) is 0 Å². The van der Waals surface area contributed by atoms with Crippen LogP contribution in [-0.2, 0) is 14.8 Å². The smallest absolute Gasteiger partial charge is 0.275 e. The molecule has 1 amide bonds. The molecule has 2 N–H and O–H groups in total. The molecular weight excluding hydrogens is 323 g/mol. The van der Waals surface area contributed by atoms with Crippen LogP contribution in [0.3, 0.4) is 0 Å². The van der Waals surface area contributed by atoms with Crippen molar-refractivity contribution < 1.29 is 22.3 Å². The number of rotatable bonds is 6. The van der Waals surface area contributed by atoms with Gasteiger partial charge in [-0.25, -0.2) is 12.8 Å². The van der Waals surface area contributed by atoms with Gasteiger partial charge >= 0.3 is 0 Å². The van der Waals surface area contributed by atoms with Crippen molar-refractivity contribution in [2.24, 2.45) is 0 Å². The maximum absolute atomic E-state index is 13.4. The Kier molecular flexibility index (Phi) is 5.30. The van der Waals surface area contributed by atoms with Crippen LogP contribution in [0.5, 0.6) is 5.75 Å². The summed E-state index contributed by atoms with van der Waals surface area (Å²) in [5.41, 5.74) is 2.04. The Morgan fingerprint density at radius 2 is 1.70 bits per heavy atom. The molecule has 23 heavy (non-hydrogen) atoms. The summed E-state index contributed by atoms with van der Waals surface area (Å²) in [6.45, 7) is 1.37. The molecule has 2 aromatic carbocycles. The molecule has 0 fully saturated rings. The highest BCUT2D eigenvalue weighted by Gasteiger charge is 2.19. The molecule has 0 heterocycles. The number of hydrogen-bond acceptors (Lipinski definition) is 4. The number of hydrazine groups is 1. The average Bonchev–Trinajstić information content (AvgIpc) is 2.55. The van der Waals surface area contributed by atoms with Gasteiger partial charge in [0.1, 0.15) is 0 Å². The van der Waals surface area contributed by atoms with Gasteiger partial charge < -0.3 is 4.74 Å².